The van der Waals surface area contributed by atoms with E-state index in [1.54, 1.807) is 7.05 Å². The van der Waals surface area contributed by atoms with Gasteiger partial charge in [0.05, 0.1) is 0 Å². The van der Waals surface area contributed by atoms with Gasteiger partial charge in [-0.1, -0.05) is 13.3 Å². The molecule has 0 saturated heterocycles. The summed E-state index contributed by atoms with van der Waals surface area (Å²) < 4.78 is 2.26. The van der Waals surface area contributed by atoms with E-state index in [0.717, 1.165) is 17.4 Å². The fraction of sp³-hybridized carbons (Fsp3) is 0.727. The first-order valence-corrected chi connectivity index (χ1v) is 5.95. The standard InChI is InChI=1S/C11H18N4O2/c1-4-5-7-6-8(7)12-9-10(16)14(2)11(17)15(3)13-9/h7-8H,4-6H2,1-3H3,(H,12,13). The molecular weight excluding hydrogens is 220 g/mol. The monoisotopic (exact) mass is 238 g/mol. The molecule has 2 unspecified atom stereocenters. The van der Waals surface area contributed by atoms with Crippen molar-refractivity contribution in [3.63, 3.8) is 0 Å². The normalized spacial score (nSPS) is 22.5. The molecule has 1 aliphatic rings. The summed E-state index contributed by atoms with van der Waals surface area (Å²) >= 11 is 0. The van der Waals surface area contributed by atoms with Crippen LogP contribution in [-0.2, 0) is 14.1 Å². The quantitative estimate of drug-likeness (QED) is 0.806. The van der Waals surface area contributed by atoms with E-state index < -0.39 is 5.69 Å². The molecule has 0 amide bonds. The molecule has 1 fully saturated rings. The van der Waals surface area contributed by atoms with Crippen LogP contribution in [0.25, 0.3) is 0 Å². The second kappa shape index (κ2) is 4.35. The van der Waals surface area contributed by atoms with E-state index in [9.17, 15) is 9.59 Å². The van der Waals surface area contributed by atoms with Gasteiger partial charge >= 0.3 is 5.69 Å². The zero-order valence-corrected chi connectivity index (χ0v) is 10.4. The van der Waals surface area contributed by atoms with Crippen LogP contribution in [0.2, 0.25) is 0 Å². The number of aromatic nitrogens is 3. The Labute approximate surface area is 99.3 Å². The molecular formula is C11H18N4O2. The highest BCUT2D eigenvalue weighted by atomic mass is 16.2. The molecule has 17 heavy (non-hydrogen) atoms. The Hall–Kier alpha value is -1.59. The summed E-state index contributed by atoms with van der Waals surface area (Å²) in [6.45, 7) is 2.15. The highest BCUT2D eigenvalue weighted by Crippen LogP contribution is 2.36. The van der Waals surface area contributed by atoms with Gasteiger partial charge in [-0.05, 0) is 18.8 Å². The molecule has 94 valence electrons. The van der Waals surface area contributed by atoms with Crippen molar-refractivity contribution in [3.05, 3.63) is 20.8 Å². The molecule has 1 aliphatic carbocycles. The Kier molecular flexibility index (Phi) is 3.04. The first-order chi connectivity index (χ1) is 8.04. The van der Waals surface area contributed by atoms with E-state index in [2.05, 4.69) is 17.3 Å². The maximum atomic E-state index is 11.8. The van der Waals surface area contributed by atoms with Gasteiger partial charge in [-0.25, -0.2) is 9.48 Å². The lowest BCUT2D eigenvalue weighted by atomic mass is 10.2. The van der Waals surface area contributed by atoms with Crippen LogP contribution in [0.1, 0.15) is 26.2 Å². The van der Waals surface area contributed by atoms with Gasteiger partial charge in [-0.2, -0.15) is 0 Å². The maximum absolute atomic E-state index is 11.8. The van der Waals surface area contributed by atoms with Crippen LogP contribution in [0.4, 0.5) is 5.82 Å². The first kappa shape index (κ1) is 11.9. The minimum Gasteiger partial charge on any atom is -0.361 e. The summed E-state index contributed by atoms with van der Waals surface area (Å²) in [7, 11) is 3.01. The second-order valence-electron chi connectivity index (χ2n) is 4.65. The number of anilines is 1. The van der Waals surface area contributed by atoms with E-state index in [4.69, 9.17) is 0 Å². The largest absolute Gasteiger partial charge is 0.361 e. The molecule has 0 aromatic carbocycles. The topological polar surface area (TPSA) is 68.9 Å². The van der Waals surface area contributed by atoms with Gasteiger partial charge in [-0.15, -0.1) is 5.10 Å². The van der Waals surface area contributed by atoms with Crippen molar-refractivity contribution in [2.45, 2.75) is 32.2 Å². The van der Waals surface area contributed by atoms with Gasteiger partial charge in [0.25, 0.3) is 5.56 Å². The van der Waals surface area contributed by atoms with E-state index >= 15 is 0 Å². The minimum atomic E-state index is -0.401. The lowest BCUT2D eigenvalue weighted by molar-refractivity contribution is 0.602. The van der Waals surface area contributed by atoms with Gasteiger partial charge in [0.2, 0.25) is 5.82 Å². The summed E-state index contributed by atoms with van der Waals surface area (Å²) in [5.41, 5.74) is -0.753. The number of nitrogens with zero attached hydrogens (tertiary/aromatic N) is 3. The fourth-order valence-corrected chi connectivity index (χ4v) is 2.08. The molecule has 6 heteroatoms. The van der Waals surface area contributed by atoms with E-state index in [-0.39, 0.29) is 11.4 Å². The lowest BCUT2D eigenvalue weighted by Gasteiger charge is -2.07. The van der Waals surface area contributed by atoms with Crippen molar-refractivity contribution < 1.29 is 0 Å². The van der Waals surface area contributed by atoms with Crippen LogP contribution in [0, 0.1) is 5.92 Å². The summed E-state index contributed by atoms with van der Waals surface area (Å²) in [5.74, 6) is 0.918. The Morgan fingerprint density at radius 2 is 2.12 bits per heavy atom. The molecule has 1 N–H and O–H groups in total. The third-order valence-electron chi connectivity index (χ3n) is 3.23. The van der Waals surface area contributed by atoms with Crippen molar-refractivity contribution in [2.24, 2.45) is 20.0 Å². The second-order valence-corrected chi connectivity index (χ2v) is 4.65. The molecule has 0 bridgehead atoms. The van der Waals surface area contributed by atoms with Gasteiger partial charge in [0, 0.05) is 20.1 Å². The Morgan fingerprint density at radius 1 is 1.41 bits per heavy atom. The molecule has 6 nitrogen and oxygen atoms in total. The Bertz CT molecular complexity index is 531. The zero-order chi connectivity index (χ0) is 12.6. The fourth-order valence-electron chi connectivity index (χ4n) is 2.08. The molecule has 1 aromatic heterocycles. The maximum Gasteiger partial charge on any atom is 0.346 e. The predicted octanol–water partition coefficient (Wildman–Crippen LogP) is 0.0795. The molecule has 1 aromatic rings. The van der Waals surface area contributed by atoms with Crippen LogP contribution < -0.4 is 16.6 Å². The molecule has 2 rings (SSSR count). The summed E-state index contributed by atoms with van der Waals surface area (Å²) in [6.07, 6.45) is 3.41. The van der Waals surface area contributed by atoms with Gasteiger partial charge in [0.1, 0.15) is 0 Å². The van der Waals surface area contributed by atoms with Crippen LogP contribution >= 0.6 is 0 Å². The average molecular weight is 238 g/mol. The Morgan fingerprint density at radius 3 is 2.76 bits per heavy atom. The number of hydrogen-bond donors (Lipinski definition) is 1. The SMILES string of the molecule is CCCC1CC1Nc1nn(C)c(=O)n(C)c1=O. The van der Waals surface area contributed by atoms with Crippen molar-refractivity contribution >= 4 is 5.82 Å². The number of nitrogens with one attached hydrogen (secondary N) is 1. The van der Waals surface area contributed by atoms with Crippen molar-refractivity contribution in [1.82, 2.24) is 14.3 Å². The summed E-state index contributed by atoms with van der Waals surface area (Å²) in [5, 5.41) is 7.09. The van der Waals surface area contributed by atoms with Crippen LogP contribution in [0.5, 0.6) is 0 Å². The molecule has 0 radical (unpaired) electrons. The van der Waals surface area contributed by atoms with Crippen LogP contribution in [-0.4, -0.2) is 20.4 Å². The number of hydrogen-bond acceptors (Lipinski definition) is 4. The van der Waals surface area contributed by atoms with Crippen molar-refractivity contribution in [2.75, 3.05) is 5.32 Å². The molecule has 1 saturated carbocycles. The third kappa shape index (κ3) is 2.25. The molecule has 2 atom stereocenters. The molecule has 1 heterocycles. The van der Waals surface area contributed by atoms with Crippen LogP contribution in [0.15, 0.2) is 9.59 Å². The highest BCUT2D eigenvalue weighted by Gasteiger charge is 2.36. The van der Waals surface area contributed by atoms with Gasteiger partial charge < -0.3 is 5.32 Å². The lowest BCUT2D eigenvalue weighted by Crippen LogP contribution is -2.40. The minimum absolute atomic E-state index is 0.276. The van der Waals surface area contributed by atoms with Crippen molar-refractivity contribution in [1.29, 1.82) is 0 Å². The highest BCUT2D eigenvalue weighted by molar-refractivity contribution is 5.33. The smallest absolute Gasteiger partial charge is 0.346 e. The Balaban J connectivity index is 2.18. The average Bonchev–Trinajstić information content (AvgIpc) is 3.02. The summed E-state index contributed by atoms with van der Waals surface area (Å²) in [6, 6.07) is 0.340. The molecule has 0 spiro atoms. The zero-order valence-electron chi connectivity index (χ0n) is 10.4. The van der Waals surface area contributed by atoms with Gasteiger partial charge in [-0.3, -0.25) is 9.36 Å². The van der Waals surface area contributed by atoms with E-state index in [0.29, 0.717) is 12.0 Å². The number of rotatable bonds is 4. The predicted molar refractivity (Wildman–Crippen MR) is 65.1 cm³/mol. The van der Waals surface area contributed by atoms with Gasteiger partial charge in [0.15, 0.2) is 0 Å². The van der Waals surface area contributed by atoms with Crippen molar-refractivity contribution in [3.8, 4) is 0 Å². The van der Waals surface area contributed by atoms with E-state index in [1.807, 2.05) is 0 Å². The van der Waals surface area contributed by atoms with Crippen LogP contribution in [0.3, 0.4) is 0 Å². The molecule has 0 aliphatic heterocycles. The third-order valence-corrected chi connectivity index (χ3v) is 3.23. The summed E-state index contributed by atoms with van der Waals surface area (Å²) in [4.78, 5) is 23.2. The first-order valence-electron chi connectivity index (χ1n) is 5.95. The number of aryl methyl sites for hydroxylation is 1. The van der Waals surface area contributed by atoms with E-state index in [1.165, 1.54) is 18.2 Å².